The molecule has 0 spiro atoms. The topological polar surface area (TPSA) is 38.1 Å². The van der Waals surface area contributed by atoms with Gasteiger partial charge in [-0.2, -0.15) is 5.10 Å². The van der Waals surface area contributed by atoms with Crippen LogP contribution in [0.4, 0.5) is 0 Å². The van der Waals surface area contributed by atoms with Crippen LogP contribution >= 0.6 is 0 Å². The number of rotatable bonds is 5. The minimum Gasteiger partial charge on any atom is -0.338 e. The fraction of sp³-hybridized carbons (Fsp3) is 0.412. The summed E-state index contributed by atoms with van der Waals surface area (Å²) in [5.41, 5.74) is 2.03. The summed E-state index contributed by atoms with van der Waals surface area (Å²) in [6, 6.07) is 10.3. The van der Waals surface area contributed by atoms with Crippen LogP contribution in [0.5, 0.6) is 0 Å². The summed E-state index contributed by atoms with van der Waals surface area (Å²) in [5.74, 6) is 0.173. The van der Waals surface area contributed by atoms with Crippen LogP contribution in [-0.4, -0.2) is 32.7 Å². The molecule has 2 aromatic rings. The third-order valence-corrected chi connectivity index (χ3v) is 3.46. The van der Waals surface area contributed by atoms with Crippen molar-refractivity contribution in [3.63, 3.8) is 0 Å². The number of benzene rings is 1. The fourth-order valence-electron chi connectivity index (χ4n) is 2.63. The maximum absolute atomic E-state index is 12.4. The monoisotopic (exact) mass is 285 g/mol. The third kappa shape index (κ3) is 3.72. The molecule has 0 bridgehead atoms. The maximum atomic E-state index is 12.4. The molecule has 4 nitrogen and oxygen atoms in total. The van der Waals surface area contributed by atoms with Crippen molar-refractivity contribution in [1.29, 1.82) is 0 Å². The summed E-state index contributed by atoms with van der Waals surface area (Å²) < 4.78 is 1.81. The highest BCUT2D eigenvalue weighted by Crippen LogP contribution is 2.12. The summed E-state index contributed by atoms with van der Waals surface area (Å²) in [6.45, 7) is 8.22. The van der Waals surface area contributed by atoms with Gasteiger partial charge in [-0.1, -0.05) is 12.1 Å². The van der Waals surface area contributed by atoms with Crippen molar-refractivity contribution in [2.24, 2.45) is 0 Å². The van der Waals surface area contributed by atoms with Crippen LogP contribution in [0.1, 0.15) is 33.3 Å². The van der Waals surface area contributed by atoms with Crippen molar-refractivity contribution in [3.05, 3.63) is 48.3 Å². The molecule has 4 heteroatoms. The van der Waals surface area contributed by atoms with Gasteiger partial charge in [-0.3, -0.25) is 4.79 Å². The zero-order chi connectivity index (χ0) is 15.4. The van der Waals surface area contributed by atoms with E-state index in [2.05, 4.69) is 32.8 Å². The van der Waals surface area contributed by atoms with E-state index in [1.165, 1.54) is 0 Å². The molecule has 0 fully saturated rings. The molecule has 0 unspecified atom stereocenters. The Morgan fingerprint density at radius 2 is 1.76 bits per heavy atom. The fourth-order valence-corrected chi connectivity index (χ4v) is 2.63. The second-order valence-corrected chi connectivity index (χ2v) is 5.78. The zero-order valence-electron chi connectivity index (χ0n) is 13.2. The van der Waals surface area contributed by atoms with Gasteiger partial charge in [0.1, 0.15) is 0 Å². The van der Waals surface area contributed by atoms with Crippen molar-refractivity contribution in [2.75, 3.05) is 0 Å². The molecule has 0 saturated carbocycles. The number of nitrogens with zero attached hydrogens (tertiary/aromatic N) is 3. The molecule has 112 valence electrons. The molecular weight excluding hydrogens is 262 g/mol. The lowest BCUT2D eigenvalue weighted by molar-refractivity contribution is -0.134. The lowest BCUT2D eigenvalue weighted by atomic mass is 10.1. The van der Waals surface area contributed by atoms with E-state index in [1.807, 2.05) is 41.4 Å². The molecule has 0 aliphatic carbocycles. The molecule has 0 N–H and O–H groups in total. The van der Waals surface area contributed by atoms with Gasteiger partial charge in [0.05, 0.1) is 12.1 Å². The predicted molar refractivity (Wildman–Crippen MR) is 84.4 cm³/mol. The first-order valence-corrected chi connectivity index (χ1v) is 7.39. The number of aromatic nitrogens is 2. The van der Waals surface area contributed by atoms with E-state index in [9.17, 15) is 4.79 Å². The zero-order valence-corrected chi connectivity index (χ0v) is 13.2. The van der Waals surface area contributed by atoms with Crippen molar-refractivity contribution < 1.29 is 4.79 Å². The van der Waals surface area contributed by atoms with Gasteiger partial charge in [0, 0.05) is 24.5 Å². The SMILES string of the molecule is CC(C)N(C(=O)Cc1ccc(-n2cccn2)cc1)C(C)C. The van der Waals surface area contributed by atoms with Crippen LogP contribution < -0.4 is 0 Å². The average Bonchev–Trinajstić information content (AvgIpc) is 2.92. The van der Waals surface area contributed by atoms with Gasteiger partial charge >= 0.3 is 0 Å². The molecule has 1 aromatic heterocycles. The summed E-state index contributed by atoms with van der Waals surface area (Å²) >= 11 is 0. The molecule has 21 heavy (non-hydrogen) atoms. The highest BCUT2D eigenvalue weighted by Gasteiger charge is 2.19. The Morgan fingerprint density at radius 3 is 2.24 bits per heavy atom. The molecular formula is C17H23N3O. The van der Waals surface area contributed by atoms with E-state index < -0.39 is 0 Å². The van der Waals surface area contributed by atoms with Crippen molar-refractivity contribution in [1.82, 2.24) is 14.7 Å². The smallest absolute Gasteiger partial charge is 0.227 e. The van der Waals surface area contributed by atoms with Crippen LogP contribution in [0.2, 0.25) is 0 Å². The van der Waals surface area contributed by atoms with Gasteiger partial charge in [0.15, 0.2) is 0 Å². The molecule has 1 heterocycles. The van der Waals surface area contributed by atoms with Crippen molar-refractivity contribution in [2.45, 2.75) is 46.2 Å². The Balaban J connectivity index is 2.08. The average molecular weight is 285 g/mol. The number of carbonyl (C=O) groups excluding carboxylic acids is 1. The summed E-state index contributed by atoms with van der Waals surface area (Å²) in [5, 5.41) is 4.19. The first-order valence-electron chi connectivity index (χ1n) is 7.39. The van der Waals surface area contributed by atoms with E-state index in [4.69, 9.17) is 0 Å². The Bertz CT molecular complexity index is 563. The van der Waals surface area contributed by atoms with Gasteiger partial charge in [-0.25, -0.2) is 4.68 Å². The maximum Gasteiger partial charge on any atom is 0.227 e. The second-order valence-electron chi connectivity index (χ2n) is 5.78. The third-order valence-electron chi connectivity index (χ3n) is 3.46. The largest absolute Gasteiger partial charge is 0.338 e. The van der Waals surface area contributed by atoms with Gasteiger partial charge in [-0.05, 0) is 51.5 Å². The Morgan fingerprint density at radius 1 is 1.14 bits per heavy atom. The summed E-state index contributed by atoms with van der Waals surface area (Å²) in [6.07, 6.45) is 4.09. The highest BCUT2D eigenvalue weighted by atomic mass is 16.2. The molecule has 1 aromatic carbocycles. The standard InChI is InChI=1S/C17H23N3O/c1-13(2)20(14(3)4)17(21)12-15-6-8-16(9-7-15)19-11-5-10-18-19/h5-11,13-14H,12H2,1-4H3. The van der Waals surface area contributed by atoms with E-state index in [0.717, 1.165) is 11.3 Å². The number of hydrogen-bond donors (Lipinski definition) is 0. The van der Waals surface area contributed by atoms with Crippen LogP contribution in [0.15, 0.2) is 42.7 Å². The quantitative estimate of drug-likeness (QED) is 0.847. The Kier molecular flexibility index (Phi) is 4.78. The predicted octanol–water partition coefficient (Wildman–Crippen LogP) is 3.06. The molecule has 0 aliphatic heterocycles. The summed E-state index contributed by atoms with van der Waals surface area (Å²) in [4.78, 5) is 14.3. The summed E-state index contributed by atoms with van der Waals surface area (Å²) in [7, 11) is 0. The van der Waals surface area contributed by atoms with E-state index in [1.54, 1.807) is 10.9 Å². The minimum absolute atomic E-state index is 0.173. The molecule has 1 amide bonds. The number of hydrogen-bond acceptors (Lipinski definition) is 2. The van der Waals surface area contributed by atoms with E-state index in [-0.39, 0.29) is 18.0 Å². The van der Waals surface area contributed by atoms with Crippen molar-refractivity contribution in [3.8, 4) is 5.69 Å². The minimum atomic E-state index is 0.173. The lowest BCUT2D eigenvalue weighted by Crippen LogP contribution is -2.42. The molecule has 0 atom stereocenters. The van der Waals surface area contributed by atoms with Crippen LogP contribution in [0.3, 0.4) is 0 Å². The van der Waals surface area contributed by atoms with Crippen molar-refractivity contribution >= 4 is 5.91 Å². The van der Waals surface area contributed by atoms with Gasteiger partial charge < -0.3 is 4.90 Å². The van der Waals surface area contributed by atoms with Gasteiger partial charge in [0.25, 0.3) is 0 Å². The van der Waals surface area contributed by atoms with E-state index >= 15 is 0 Å². The second kappa shape index (κ2) is 6.57. The number of amides is 1. The Labute approximate surface area is 126 Å². The van der Waals surface area contributed by atoms with Crippen LogP contribution in [-0.2, 0) is 11.2 Å². The lowest BCUT2D eigenvalue weighted by Gasteiger charge is -2.31. The Hall–Kier alpha value is -2.10. The molecule has 2 rings (SSSR count). The normalized spacial score (nSPS) is 11.1. The van der Waals surface area contributed by atoms with E-state index in [0.29, 0.717) is 6.42 Å². The molecule has 0 aliphatic rings. The number of carbonyl (C=O) groups is 1. The van der Waals surface area contributed by atoms with Crippen LogP contribution in [0.25, 0.3) is 5.69 Å². The van der Waals surface area contributed by atoms with Gasteiger partial charge in [-0.15, -0.1) is 0 Å². The van der Waals surface area contributed by atoms with Crippen LogP contribution in [0, 0.1) is 0 Å². The first kappa shape index (κ1) is 15.3. The molecule has 0 saturated heterocycles. The first-order chi connectivity index (χ1) is 9.99. The molecule has 0 radical (unpaired) electrons. The van der Waals surface area contributed by atoms with Gasteiger partial charge in [0.2, 0.25) is 5.91 Å². The highest BCUT2D eigenvalue weighted by molar-refractivity contribution is 5.79.